The van der Waals surface area contributed by atoms with Gasteiger partial charge in [-0.15, -0.1) is 0 Å². The third-order valence-corrected chi connectivity index (χ3v) is 4.08. The largest absolute Gasteiger partial charge is 0.478 e. The Balaban J connectivity index is 2.11. The van der Waals surface area contributed by atoms with Crippen LogP contribution in [0.2, 0.25) is 0 Å². The molecule has 1 aliphatic rings. The first-order valence-electron chi connectivity index (χ1n) is 8.59. The van der Waals surface area contributed by atoms with Crippen LogP contribution in [0.5, 0.6) is 5.75 Å². The van der Waals surface area contributed by atoms with Crippen LogP contribution in [0.3, 0.4) is 0 Å². The number of hydrogen-bond acceptors (Lipinski definition) is 4. The summed E-state index contributed by atoms with van der Waals surface area (Å²) in [7, 11) is 0. The molecule has 0 unspecified atom stereocenters. The Bertz CT molecular complexity index is 537. The summed E-state index contributed by atoms with van der Waals surface area (Å²) < 4.78 is 16.6. The molecule has 0 aliphatic heterocycles. The van der Waals surface area contributed by atoms with E-state index >= 15 is 0 Å². The Hall–Kier alpha value is -1.85. The second-order valence-electron chi connectivity index (χ2n) is 5.78. The summed E-state index contributed by atoms with van der Waals surface area (Å²) in [6, 6.07) is 7.86. The van der Waals surface area contributed by atoms with Gasteiger partial charge in [0.1, 0.15) is 5.75 Å². The minimum atomic E-state index is -1.10. The van der Waals surface area contributed by atoms with Gasteiger partial charge in [0, 0.05) is 13.2 Å². The van der Waals surface area contributed by atoms with Gasteiger partial charge in [0.05, 0.1) is 6.08 Å². The lowest BCUT2D eigenvalue weighted by Crippen LogP contribution is -2.24. The van der Waals surface area contributed by atoms with Crippen LogP contribution in [-0.2, 0) is 14.3 Å². The fourth-order valence-electron chi connectivity index (χ4n) is 2.99. The lowest BCUT2D eigenvalue weighted by Gasteiger charge is -2.20. The number of hydrogen-bond donors (Lipinski definition) is 1. The first-order valence-corrected chi connectivity index (χ1v) is 8.59. The van der Waals surface area contributed by atoms with Crippen LogP contribution in [0.25, 0.3) is 0 Å². The lowest BCUT2D eigenvalue weighted by atomic mass is 9.98. The number of carboxylic acid groups (broad SMARTS) is 1. The minimum absolute atomic E-state index is 0.139. The molecule has 1 N–H and O–H groups in total. The Labute approximate surface area is 143 Å². The van der Waals surface area contributed by atoms with E-state index < -0.39 is 12.3 Å². The molecular weight excluding hydrogens is 308 g/mol. The van der Waals surface area contributed by atoms with Crippen molar-refractivity contribution in [1.82, 2.24) is 0 Å². The van der Waals surface area contributed by atoms with Gasteiger partial charge < -0.3 is 19.3 Å². The van der Waals surface area contributed by atoms with Crippen LogP contribution in [-0.4, -0.2) is 30.6 Å². The third kappa shape index (κ3) is 5.35. The second kappa shape index (κ2) is 9.45. The average Bonchev–Trinajstić information content (AvgIpc) is 3.09. The molecule has 1 aromatic rings. The van der Waals surface area contributed by atoms with Gasteiger partial charge in [-0.25, -0.2) is 4.79 Å². The summed E-state index contributed by atoms with van der Waals surface area (Å²) in [5.74, 6) is 0.248. The number of rotatable bonds is 9. The molecule has 0 heterocycles. The van der Waals surface area contributed by atoms with Crippen molar-refractivity contribution in [3.63, 3.8) is 0 Å². The Kier molecular flexibility index (Phi) is 7.28. The molecule has 0 radical (unpaired) electrons. The first kappa shape index (κ1) is 18.5. The number of ether oxygens (including phenoxy) is 3. The molecule has 132 valence electrons. The quantitative estimate of drug-likeness (QED) is 0.418. The van der Waals surface area contributed by atoms with Gasteiger partial charge in [-0.2, -0.15) is 0 Å². The lowest BCUT2D eigenvalue weighted by molar-refractivity contribution is -0.136. The molecule has 5 heteroatoms. The van der Waals surface area contributed by atoms with Crippen molar-refractivity contribution in [2.45, 2.75) is 51.7 Å². The van der Waals surface area contributed by atoms with E-state index in [2.05, 4.69) is 12.1 Å². The maximum Gasteiger partial charge on any atom is 0.331 e. The number of aliphatic carboxylic acids is 1. The Morgan fingerprint density at radius 3 is 2.25 bits per heavy atom. The van der Waals surface area contributed by atoms with E-state index in [1.165, 1.54) is 31.2 Å². The van der Waals surface area contributed by atoms with E-state index in [1.54, 1.807) is 0 Å². The molecule has 1 aliphatic carbocycles. The predicted octanol–water partition coefficient (Wildman–Crippen LogP) is 4.09. The van der Waals surface area contributed by atoms with Crippen LogP contribution in [0.1, 0.15) is 51.0 Å². The monoisotopic (exact) mass is 334 g/mol. The van der Waals surface area contributed by atoms with E-state index in [0.29, 0.717) is 24.9 Å². The smallest absolute Gasteiger partial charge is 0.331 e. The highest BCUT2D eigenvalue weighted by Crippen LogP contribution is 2.34. The maximum absolute atomic E-state index is 11.1. The summed E-state index contributed by atoms with van der Waals surface area (Å²) in [4.78, 5) is 11.1. The Morgan fingerprint density at radius 1 is 1.17 bits per heavy atom. The van der Waals surface area contributed by atoms with Crippen molar-refractivity contribution in [2.75, 3.05) is 13.2 Å². The minimum Gasteiger partial charge on any atom is -0.478 e. The zero-order valence-corrected chi connectivity index (χ0v) is 14.4. The van der Waals surface area contributed by atoms with Crippen molar-refractivity contribution in [2.24, 2.45) is 0 Å². The van der Waals surface area contributed by atoms with Gasteiger partial charge in [-0.3, -0.25) is 0 Å². The molecule has 2 rings (SSSR count). The molecule has 0 atom stereocenters. The van der Waals surface area contributed by atoms with Crippen LogP contribution < -0.4 is 4.74 Å². The third-order valence-electron chi connectivity index (χ3n) is 4.08. The summed E-state index contributed by atoms with van der Waals surface area (Å²) in [5, 5.41) is 9.07. The van der Waals surface area contributed by atoms with Gasteiger partial charge in [-0.05, 0) is 50.3 Å². The zero-order chi connectivity index (χ0) is 17.4. The van der Waals surface area contributed by atoms with Crippen molar-refractivity contribution in [3.8, 4) is 5.75 Å². The van der Waals surface area contributed by atoms with E-state index in [-0.39, 0.29) is 5.76 Å². The van der Waals surface area contributed by atoms with Gasteiger partial charge in [0.2, 0.25) is 6.29 Å². The molecule has 0 spiro atoms. The molecule has 0 bridgehead atoms. The molecule has 1 fully saturated rings. The summed E-state index contributed by atoms with van der Waals surface area (Å²) in [6.45, 7) is 4.43. The molecule has 0 aromatic heterocycles. The van der Waals surface area contributed by atoms with E-state index in [0.717, 1.165) is 6.08 Å². The maximum atomic E-state index is 11.1. The zero-order valence-electron chi connectivity index (χ0n) is 14.4. The Morgan fingerprint density at radius 2 is 1.75 bits per heavy atom. The standard InChI is InChI=1S/C19H26O5/c1-3-22-19(23-4-2)17(13-18(20)21)24-16-11-9-15(10-12-16)14-7-5-6-8-14/h9-14,19H,3-8H2,1-2H3,(H,20,21)/b17-13-. The first-order chi connectivity index (χ1) is 11.6. The normalized spacial score (nSPS) is 15.9. The van der Waals surface area contributed by atoms with E-state index in [4.69, 9.17) is 19.3 Å². The highest BCUT2D eigenvalue weighted by atomic mass is 16.7. The summed E-state index contributed by atoms with van der Waals surface area (Å²) >= 11 is 0. The van der Waals surface area contributed by atoms with Gasteiger partial charge in [0.15, 0.2) is 5.76 Å². The van der Waals surface area contributed by atoms with Crippen molar-refractivity contribution < 1.29 is 24.1 Å². The van der Waals surface area contributed by atoms with Crippen molar-refractivity contribution >= 4 is 5.97 Å². The highest BCUT2D eigenvalue weighted by molar-refractivity contribution is 5.80. The van der Waals surface area contributed by atoms with E-state index in [1.807, 2.05) is 26.0 Å². The number of carboxylic acids is 1. The van der Waals surface area contributed by atoms with Gasteiger partial charge in [-0.1, -0.05) is 25.0 Å². The van der Waals surface area contributed by atoms with Crippen molar-refractivity contribution in [1.29, 1.82) is 0 Å². The predicted molar refractivity (Wildman–Crippen MR) is 91.0 cm³/mol. The summed E-state index contributed by atoms with van der Waals surface area (Å²) in [5.41, 5.74) is 1.31. The average molecular weight is 334 g/mol. The highest BCUT2D eigenvalue weighted by Gasteiger charge is 2.20. The van der Waals surface area contributed by atoms with Gasteiger partial charge in [0.25, 0.3) is 0 Å². The topological polar surface area (TPSA) is 65.0 Å². The summed E-state index contributed by atoms with van der Waals surface area (Å²) in [6.07, 6.45) is 5.21. The fourth-order valence-corrected chi connectivity index (χ4v) is 2.99. The van der Waals surface area contributed by atoms with Crippen LogP contribution in [0.4, 0.5) is 0 Å². The molecular formula is C19H26O5. The second-order valence-corrected chi connectivity index (χ2v) is 5.78. The molecule has 5 nitrogen and oxygen atoms in total. The fraction of sp³-hybridized carbons (Fsp3) is 0.526. The van der Waals surface area contributed by atoms with Crippen LogP contribution in [0, 0.1) is 0 Å². The molecule has 0 amide bonds. The molecule has 0 saturated heterocycles. The van der Waals surface area contributed by atoms with Crippen LogP contribution >= 0.6 is 0 Å². The number of benzene rings is 1. The number of carbonyl (C=O) groups is 1. The SMILES string of the molecule is CCOC(OCC)/C(=C/C(=O)O)Oc1ccc(C2CCCC2)cc1. The van der Waals surface area contributed by atoms with E-state index in [9.17, 15) is 4.79 Å². The van der Waals surface area contributed by atoms with Gasteiger partial charge >= 0.3 is 5.97 Å². The molecule has 1 aromatic carbocycles. The molecule has 24 heavy (non-hydrogen) atoms. The van der Waals surface area contributed by atoms with Crippen molar-refractivity contribution in [3.05, 3.63) is 41.7 Å². The molecule has 1 saturated carbocycles. The van der Waals surface area contributed by atoms with Crippen LogP contribution in [0.15, 0.2) is 36.1 Å².